The summed E-state index contributed by atoms with van der Waals surface area (Å²) < 4.78 is 1.22. The third-order valence-electron chi connectivity index (χ3n) is 2.06. The smallest absolute Gasteiger partial charge is 0.307 e. The number of nitrogens with one attached hydrogen (secondary N) is 1. The molecule has 3 N–H and O–H groups in total. The van der Waals surface area contributed by atoms with Crippen LogP contribution in [0.3, 0.4) is 0 Å². The lowest BCUT2D eigenvalue weighted by Crippen LogP contribution is -2.31. The third kappa shape index (κ3) is 4.60. The predicted octanol–water partition coefficient (Wildman–Crippen LogP) is -0.355. The number of carbonyl (C=O) groups is 1. The fraction of sp³-hybridized carbons (Fsp3) is 0.556. The summed E-state index contributed by atoms with van der Waals surface area (Å²) in [6.07, 6.45) is 3.01. The van der Waals surface area contributed by atoms with E-state index < -0.39 is 4.92 Å². The summed E-state index contributed by atoms with van der Waals surface area (Å²) in [5.41, 5.74) is 5.39. The van der Waals surface area contributed by atoms with Gasteiger partial charge in [0.15, 0.2) is 0 Å². The largest absolute Gasteiger partial charge is 0.354 e. The normalized spacial score (nSPS) is 12.1. The molecule has 0 aliphatic heterocycles. The van der Waals surface area contributed by atoms with E-state index in [0.29, 0.717) is 13.0 Å². The maximum absolute atomic E-state index is 11.4. The first-order chi connectivity index (χ1) is 7.99. The van der Waals surface area contributed by atoms with Gasteiger partial charge < -0.3 is 11.1 Å². The van der Waals surface area contributed by atoms with E-state index in [4.69, 9.17) is 5.73 Å². The van der Waals surface area contributed by atoms with Crippen LogP contribution in [-0.4, -0.2) is 33.2 Å². The van der Waals surface area contributed by atoms with Crippen LogP contribution in [0.15, 0.2) is 12.4 Å². The van der Waals surface area contributed by atoms with Gasteiger partial charge in [-0.1, -0.05) is 0 Å². The van der Waals surface area contributed by atoms with Gasteiger partial charge in [0.1, 0.15) is 18.9 Å². The quantitative estimate of drug-likeness (QED) is 0.521. The molecule has 1 unspecified atom stereocenters. The van der Waals surface area contributed by atoms with E-state index in [9.17, 15) is 14.9 Å². The van der Waals surface area contributed by atoms with Gasteiger partial charge >= 0.3 is 5.69 Å². The van der Waals surface area contributed by atoms with Crippen molar-refractivity contribution in [1.82, 2.24) is 15.1 Å². The van der Waals surface area contributed by atoms with E-state index >= 15 is 0 Å². The van der Waals surface area contributed by atoms with Crippen molar-refractivity contribution in [2.24, 2.45) is 5.73 Å². The summed E-state index contributed by atoms with van der Waals surface area (Å²) >= 11 is 0. The lowest BCUT2D eigenvalue weighted by Gasteiger charge is -2.06. The number of hydrogen-bond donors (Lipinski definition) is 2. The van der Waals surface area contributed by atoms with Crippen molar-refractivity contribution < 1.29 is 9.72 Å². The predicted molar refractivity (Wildman–Crippen MR) is 60.2 cm³/mol. The first-order valence-electron chi connectivity index (χ1n) is 5.18. The lowest BCUT2D eigenvalue weighted by molar-refractivity contribution is -0.385. The Kier molecular flexibility index (Phi) is 4.58. The highest BCUT2D eigenvalue weighted by atomic mass is 16.6. The second kappa shape index (κ2) is 5.94. The van der Waals surface area contributed by atoms with Crippen LogP contribution >= 0.6 is 0 Å². The van der Waals surface area contributed by atoms with Gasteiger partial charge in [0.2, 0.25) is 5.91 Å². The number of aromatic nitrogens is 2. The van der Waals surface area contributed by atoms with Gasteiger partial charge in [0.25, 0.3) is 0 Å². The highest BCUT2D eigenvalue weighted by Crippen LogP contribution is 2.07. The molecule has 8 nitrogen and oxygen atoms in total. The van der Waals surface area contributed by atoms with Gasteiger partial charge in [-0.25, -0.2) is 0 Å². The average molecular weight is 241 g/mol. The van der Waals surface area contributed by atoms with Gasteiger partial charge in [-0.15, -0.1) is 0 Å². The first kappa shape index (κ1) is 13.1. The van der Waals surface area contributed by atoms with E-state index in [1.54, 1.807) is 0 Å². The standard InChI is InChI=1S/C9H15N5O3/c1-7(10)2-3-11-9(15)6-13-5-8(4-12-13)14(16)17/h4-5,7H,2-3,6,10H2,1H3,(H,11,15). The summed E-state index contributed by atoms with van der Waals surface area (Å²) in [5, 5.41) is 16.7. The fourth-order valence-electron chi connectivity index (χ4n) is 1.18. The first-order valence-corrected chi connectivity index (χ1v) is 5.18. The number of nitrogens with two attached hydrogens (primary N) is 1. The molecule has 1 rings (SSSR count). The van der Waals surface area contributed by atoms with Crippen LogP contribution in [0.2, 0.25) is 0 Å². The SMILES string of the molecule is CC(N)CCNC(=O)Cn1cc([N+](=O)[O-])cn1. The number of hydrogen-bond acceptors (Lipinski definition) is 5. The van der Waals surface area contributed by atoms with Crippen molar-refractivity contribution in [2.45, 2.75) is 25.9 Å². The van der Waals surface area contributed by atoms with E-state index in [1.807, 2.05) is 6.92 Å². The molecule has 1 aromatic rings. The van der Waals surface area contributed by atoms with Gasteiger partial charge in [-0.3, -0.25) is 19.6 Å². The van der Waals surface area contributed by atoms with E-state index in [-0.39, 0.29) is 24.2 Å². The molecule has 1 heterocycles. The molecule has 0 aromatic carbocycles. The van der Waals surface area contributed by atoms with E-state index in [2.05, 4.69) is 10.4 Å². The van der Waals surface area contributed by atoms with Crippen molar-refractivity contribution in [2.75, 3.05) is 6.54 Å². The zero-order valence-electron chi connectivity index (χ0n) is 9.50. The minimum Gasteiger partial charge on any atom is -0.354 e. The molecule has 0 aliphatic rings. The van der Waals surface area contributed by atoms with Crippen molar-refractivity contribution in [3.8, 4) is 0 Å². The van der Waals surface area contributed by atoms with Crippen LogP contribution in [-0.2, 0) is 11.3 Å². The minimum absolute atomic E-state index is 0.0288. The number of amides is 1. The van der Waals surface area contributed by atoms with Crippen LogP contribution in [0.1, 0.15) is 13.3 Å². The topological polar surface area (TPSA) is 116 Å². The molecule has 0 bridgehead atoms. The molecule has 1 aromatic heterocycles. The molecule has 1 atom stereocenters. The molecular weight excluding hydrogens is 226 g/mol. The highest BCUT2D eigenvalue weighted by molar-refractivity contribution is 5.75. The summed E-state index contributed by atoms with van der Waals surface area (Å²) in [6, 6.07) is 0.0288. The Morgan fingerprint density at radius 2 is 2.47 bits per heavy atom. The molecule has 17 heavy (non-hydrogen) atoms. The lowest BCUT2D eigenvalue weighted by atomic mass is 10.2. The Hall–Kier alpha value is -1.96. The van der Waals surface area contributed by atoms with Crippen LogP contribution in [0.5, 0.6) is 0 Å². The van der Waals surface area contributed by atoms with Crippen molar-refractivity contribution >= 4 is 11.6 Å². The highest BCUT2D eigenvalue weighted by Gasteiger charge is 2.10. The number of nitro groups is 1. The third-order valence-corrected chi connectivity index (χ3v) is 2.06. The Labute approximate surface area is 97.9 Å². The van der Waals surface area contributed by atoms with Gasteiger partial charge in [0.05, 0.1) is 4.92 Å². The second-order valence-corrected chi connectivity index (χ2v) is 3.77. The van der Waals surface area contributed by atoms with Crippen molar-refractivity contribution in [3.05, 3.63) is 22.5 Å². The number of rotatable bonds is 6. The van der Waals surface area contributed by atoms with Crippen LogP contribution < -0.4 is 11.1 Å². The van der Waals surface area contributed by atoms with Crippen LogP contribution in [0.25, 0.3) is 0 Å². The Morgan fingerprint density at radius 3 is 3.00 bits per heavy atom. The average Bonchev–Trinajstić information content (AvgIpc) is 2.65. The molecule has 0 saturated carbocycles. The molecule has 0 aliphatic carbocycles. The van der Waals surface area contributed by atoms with Gasteiger partial charge in [-0.05, 0) is 13.3 Å². The monoisotopic (exact) mass is 241 g/mol. The number of nitrogens with zero attached hydrogens (tertiary/aromatic N) is 3. The maximum atomic E-state index is 11.4. The summed E-state index contributed by atoms with van der Waals surface area (Å²) in [6.45, 7) is 2.30. The van der Waals surface area contributed by atoms with Gasteiger partial charge in [-0.2, -0.15) is 5.10 Å². The molecule has 0 saturated heterocycles. The minimum atomic E-state index is -0.558. The summed E-state index contributed by atoms with van der Waals surface area (Å²) in [5.74, 6) is -0.247. The summed E-state index contributed by atoms with van der Waals surface area (Å²) in [4.78, 5) is 21.2. The molecule has 94 valence electrons. The molecule has 0 spiro atoms. The van der Waals surface area contributed by atoms with E-state index in [1.165, 1.54) is 10.9 Å². The molecule has 0 fully saturated rings. The van der Waals surface area contributed by atoms with Crippen LogP contribution in [0, 0.1) is 10.1 Å². The van der Waals surface area contributed by atoms with Gasteiger partial charge in [0, 0.05) is 12.6 Å². The Balaban J connectivity index is 2.37. The molecule has 8 heteroatoms. The maximum Gasteiger partial charge on any atom is 0.307 e. The Morgan fingerprint density at radius 1 is 1.76 bits per heavy atom. The number of carbonyl (C=O) groups excluding carboxylic acids is 1. The molecular formula is C9H15N5O3. The second-order valence-electron chi connectivity index (χ2n) is 3.77. The summed E-state index contributed by atoms with van der Waals surface area (Å²) in [7, 11) is 0. The zero-order chi connectivity index (χ0) is 12.8. The molecule has 0 radical (unpaired) electrons. The molecule has 1 amide bonds. The zero-order valence-corrected chi connectivity index (χ0v) is 9.50. The van der Waals surface area contributed by atoms with Crippen molar-refractivity contribution in [1.29, 1.82) is 0 Å². The van der Waals surface area contributed by atoms with E-state index in [0.717, 1.165) is 6.20 Å². The van der Waals surface area contributed by atoms with Crippen molar-refractivity contribution in [3.63, 3.8) is 0 Å². The van der Waals surface area contributed by atoms with Crippen LogP contribution in [0.4, 0.5) is 5.69 Å². The Bertz CT molecular complexity index is 401. The fourth-order valence-corrected chi connectivity index (χ4v) is 1.18.